The van der Waals surface area contributed by atoms with E-state index in [4.69, 9.17) is 4.74 Å². The zero-order valence-corrected chi connectivity index (χ0v) is 10.8. The molecule has 1 heterocycles. The van der Waals surface area contributed by atoms with Crippen molar-refractivity contribution in [3.05, 3.63) is 54.4 Å². The summed E-state index contributed by atoms with van der Waals surface area (Å²) in [4.78, 5) is 0. The second-order valence-corrected chi connectivity index (χ2v) is 4.19. The first-order chi connectivity index (χ1) is 8.88. The third kappa shape index (κ3) is 3.93. The van der Waals surface area contributed by atoms with E-state index in [0.717, 1.165) is 25.4 Å². The van der Waals surface area contributed by atoms with Gasteiger partial charge in [0, 0.05) is 32.0 Å². The minimum atomic E-state index is 0.693. The maximum absolute atomic E-state index is 5.60. The number of hydrogen-bond donors (Lipinski definition) is 1. The Hall–Kier alpha value is -1.74. The minimum Gasteiger partial charge on any atom is -0.492 e. The van der Waals surface area contributed by atoms with Gasteiger partial charge in [-0.15, -0.1) is 0 Å². The number of hydrogen-bond acceptors (Lipinski definition) is 2. The molecule has 0 saturated heterocycles. The third-order valence-electron chi connectivity index (χ3n) is 2.80. The molecule has 1 aromatic carbocycles. The van der Waals surface area contributed by atoms with Crippen molar-refractivity contribution in [2.75, 3.05) is 13.2 Å². The summed E-state index contributed by atoms with van der Waals surface area (Å²) >= 11 is 0. The topological polar surface area (TPSA) is 26.2 Å². The van der Waals surface area contributed by atoms with E-state index in [1.54, 1.807) is 0 Å². The minimum absolute atomic E-state index is 0.693. The summed E-state index contributed by atoms with van der Waals surface area (Å²) in [5.41, 5.74) is 1.32. The van der Waals surface area contributed by atoms with Gasteiger partial charge in [-0.2, -0.15) is 0 Å². The zero-order chi connectivity index (χ0) is 12.6. The lowest BCUT2D eigenvalue weighted by Crippen LogP contribution is -2.20. The van der Waals surface area contributed by atoms with Gasteiger partial charge in [0.15, 0.2) is 0 Å². The van der Waals surface area contributed by atoms with E-state index in [-0.39, 0.29) is 0 Å². The van der Waals surface area contributed by atoms with Crippen molar-refractivity contribution in [2.24, 2.45) is 0 Å². The maximum Gasteiger partial charge on any atom is 0.119 e. The number of benzene rings is 1. The summed E-state index contributed by atoms with van der Waals surface area (Å²) in [6.07, 6.45) is 4.28. The van der Waals surface area contributed by atoms with Crippen molar-refractivity contribution in [3.63, 3.8) is 0 Å². The predicted octanol–water partition coefficient (Wildman–Crippen LogP) is 2.68. The van der Waals surface area contributed by atoms with E-state index in [0.29, 0.717) is 6.61 Å². The van der Waals surface area contributed by atoms with Crippen molar-refractivity contribution >= 4 is 0 Å². The Balaban J connectivity index is 1.61. The van der Waals surface area contributed by atoms with E-state index in [1.165, 1.54) is 5.56 Å². The SMILES string of the molecule is CCn1ccc(CNCCOc2ccccc2)c1. The summed E-state index contributed by atoms with van der Waals surface area (Å²) in [5.74, 6) is 0.927. The molecule has 0 fully saturated rings. The van der Waals surface area contributed by atoms with Crippen molar-refractivity contribution in [1.82, 2.24) is 9.88 Å². The van der Waals surface area contributed by atoms with Crippen LogP contribution in [0.15, 0.2) is 48.8 Å². The molecule has 0 atom stereocenters. The molecular formula is C15H20N2O. The van der Waals surface area contributed by atoms with Gasteiger partial charge in [-0.1, -0.05) is 18.2 Å². The summed E-state index contributed by atoms with van der Waals surface area (Å²) in [5, 5.41) is 3.37. The molecule has 1 aromatic heterocycles. The third-order valence-corrected chi connectivity index (χ3v) is 2.80. The van der Waals surface area contributed by atoms with Crippen molar-refractivity contribution < 1.29 is 4.74 Å². The van der Waals surface area contributed by atoms with Crippen LogP contribution in [0.3, 0.4) is 0 Å². The molecule has 1 N–H and O–H groups in total. The Morgan fingerprint density at radius 3 is 2.72 bits per heavy atom. The smallest absolute Gasteiger partial charge is 0.119 e. The van der Waals surface area contributed by atoms with Crippen LogP contribution in [0.5, 0.6) is 5.75 Å². The molecule has 3 heteroatoms. The Kier molecular flexibility index (Phi) is 4.85. The lowest BCUT2D eigenvalue weighted by molar-refractivity contribution is 0.313. The molecule has 0 unspecified atom stereocenters. The van der Waals surface area contributed by atoms with Gasteiger partial charge < -0.3 is 14.6 Å². The first kappa shape index (κ1) is 12.7. The number of ether oxygens (including phenoxy) is 1. The van der Waals surface area contributed by atoms with Gasteiger partial charge in [-0.25, -0.2) is 0 Å². The van der Waals surface area contributed by atoms with Crippen LogP contribution in [0.4, 0.5) is 0 Å². The highest BCUT2D eigenvalue weighted by Crippen LogP contribution is 2.07. The van der Waals surface area contributed by atoms with E-state index in [9.17, 15) is 0 Å². The van der Waals surface area contributed by atoms with Crippen LogP contribution in [0.2, 0.25) is 0 Å². The number of rotatable bonds is 7. The fourth-order valence-electron chi connectivity index (χ4n) is 1.78. The molecule has 0 radical (unpaired) electrons. The van der Waals surface area contributed by atoms with Crippen LogP contribution >= 0.6 is 0 Å². The van der Waals surface area contributed by atoms with E-state index in [1.807, 2.05) is 30.3 Å². The van der Waals surface area contributed by atoms with Crippen LogP contribution in [0.1, 0.15) is 12.5 Å². The van der Waals surface area contributed by atoms with Crippen LogP contribution in [-0.2, 0) is 13.1 Å². The molecule has 96 valence electrons. The summed E-state index contributed by atoms with van der Waals surface area (Å²) in [6, 6.07) is 12.0. The van der Waals surface area contributed by atoms with Gasteiger partial charge in [0.05, 0.1) is 0 Å². The number of aryl methyl sites for hydroxylation is 1. The molecule has 3 nitrogen and oxygen atoms in total. The van der Waals surface area contributed by atoms with Crippen molar-refractivity contribution in [3.8, 4) is 5.75 Å². The fourth-order valence-corrected chi connectivity index (χ4v) is 1.78. The quantitative estimate of drug-likeness (QED) is 0.758. The van der Waals surface area contributed by atoms with Crippen molar-refractivity contribution in [2.45, 2.75) is 20.0 Å². The number of para-hydroxylation sites is 1. The largest absolute Gasteiger partial charge is 0.492 e. The van der Waals surface area contributed by atoms with Gasteiger partial charge in [-0.3, -0.25) is 0 Å². The molecule has 0 bridgehead atoms. The highest BCUT2D eigenvalue weighted by Gasteiger charge is 1.95. The average molecular weight is 244 g/mol. The molecule has 18 heavy (non-hydrogen) atoms. The van der Waals surface area contributed by atoms with Crippen LogP contribution < -0.4 is 10.1 Å². The summed E-state index contributed by atoms with van der Waals surface area (Å²) in [7, 11) is 0. The number of nitrogens with zero attached hydrogens (tertiary/aromatic N) is 1. The summed E-state index contributed by atoms with van der Waals surface area (Å²) in [6.45, 7) is 5.61. The predicted molar refractivity (Wildman–Crippen MR) is 73.7 cm³/mol. The lowest BCUT2D eigenvalue weighted by Gasteiger charge is -2.06. The normalized spacial score (nSPS) is 10.5. The van der Waals surface area contributed by atoms with Gasteiger partial charge in [-0.05, 0) is 30.7 Å². The summed E-state index contributed by atoms with van der Waals surface area (Å²) < 4.78 is 7.78. The highest BCUT2D eigenvalue weighted by molar-refractivity contribution is 5.20. The second kappa shape index (κ2) is 6.87. The Morgan fingerprint density at radius 2 is 2.00 bits per heavy atom. The molecule has 0 saturated carbocycles. The molecule has 2 rings (SSSR count). The van der Waals surface area contributed by atoms with Gasteiger partial charge in [0.1, 0.15) is 12.4 Å². The standard InChI is InChI=1S/C15H20N2O/c1-2-17-10-8-14(13-17)12-16-9-11-18-15-6-4-3-5-7-15/h3-8,10,13,16H,2,9,11-12H2,1H3. The molecule has 0 spiro atoms. The van der Waals surface area contributed by atoms with Gasteiger partial charge in [0.2, 0.25) is 0 Å². The molecule has 0 aliphatic carbocycles. The molecular weight excluding hydrogens is 224 g/mol. The van der Waals surface area contributed by atoms with E-state index >= 15 is 0 Å². The van der Waals surface area contributed by atoms with E-state index in [2.05, 4.69) is 35.3 Å². The van der Waals surface area contributed by atoms with Crippen LogP contribution in [0, 0.1) is 0 Å². The number of aromatic nitrogens is 1. The van der Waals surface area contributed by atoms with Gasteiger partial charge in [0.25, 0.3) is 0 Å². The van der Waals surface area contributed by atoms with Gasteiger partial charge >= 0.3 is 0 Å². The Bertz CT molecular complexity index is 451. The second-order valence-electron chi connectivity index (χ2n) is 4.19. The Labute approximate surface area is 108 Å². The lowest BCUT2D eigenvalue weighted by atomic mass is 10.3. The molecule has 0 amide bonds. The first-order valence-electron chi connectivity index (χ1n) is 6.41. The monoisotopic (exact) mass is 244 g/mol. The first-order valence-corrected chi connectivity index (χ1v) is 6.41. The van der Waals surface area contributed by atoms with Crippen LogP contribution in [0.25, 0.3) is 0 Å². The highest BCUT2D eigenvalue weighted by atomic mass is 16.5. The molecule has 0 aliphatic rings. The van der Waals surface area contributed by atoms with Crippen LogP contribution in [-0.4, -0.2) is 17.7 Å². The van der Waals surface area contributed by atoms with Crippen molar-refractivity contribution in [1.29, 1.82) is 0 Å². The zero-order valence-electron chi connectivity index (χ0n) is 10.8. The molecule has 0 aliphatic heterocycles. The van der Waals surface area contributed by atoms with E-state index < -0.39 is 0 Å². The Morgan fingerprint density at radius 1 is 1.17 bits per heavy atom. The number of nitrogens with one attached hydrogen (secondary N) is 1. The average Bonchev–Trinajstić information content (AvgIpc) is 2.87. The molecule has 2 aromatic rings. The fraction of sp³-hybridized carbons (Fsp3) is 0.333. The maximum atomic E-state index is 5.60.